The molecule has 3 aliphatic heterocycles. The van der Waals surface area contributed by atoms with Crippen molar-refractivity contribution in [1.82, 2.24) is 19.9 Å². The first kappa shape index (κ1) is 64.6. The second-order valence-electron chi connectivity index (χ2n) is 33.9. The van der Waals surface area contributed by atoms with E-state index >= 15 is 9.59 Å². The maximum atomic E-state index is 15.1. The maximum absolute atomic E-state index is 15.1. The number of benzene rings is 9. The zero-order valence-corrected chi connectivity index (χ0v) is 60.6. The van der Waals surface area contributed by atoms with Crippen LogP contribution in [0.5, 0.6) is 0 Å². The average Bonchev–Trinajstić information content (AvgIpc) is 1.19. The molecule has 8 bridgehead atoms. The minimum Gasteiger partial charge on any atom is -0.355 e. The topological polar surface area (TPSA) is 94.7 Å². The smallest absolute Gasteiger partial charge is 0.265 e. The monoisotopic (exact) mass is 1290 g/mol. The molecule has 99 heavy (non-hydrogen) atoms. The summed E-state index contributed by atoms with van der Waals surface area (Å²) in [6, 6.07) is 58.7. The van der Waals surface area contributed by atoms with Gasteiger partial charge in [0.15, 0.2) is 0 Å². The maximum Gasteiger partial charge on any atom is 0.265 e. The third-order valence-corrected chi connectivity index (χ3v) is 20.6. The third-order valence-electron chi connectivity index (χ3n) is 20.6. The minimum absolute atomic E-state index is 0.105. The lowest BCUT2D eigenvalue weighted by atomic mass is 9.78. The highest BCUT2D eigenvalue weighted by molar-refractivity contribution is 6.42. The number of aromatic amines is 2. The zero-order valence-electron chi connectivity index (χ0n) is 60.6. The van der Waals surface area contributed by atoms with E-state index in [0.717, 1.165) is 138 Å². The molecule has 7 heteroatoms. The molecule has 0 spiro atoms. The fraction of sp³-hybridized carbons (Fsp3) is 0.261. The van der Waals surface area contributed by atoms with Crippen LogP contribution in [0.2, 0.25) is 0 Å². The lowest BCUT2D eigenvalue weighted by molar-refractivity contribution is 0.0893. The molecular formula is C92H87N5O2. The van der Waals surface area contributed by atoms with Gasteiger partial charge in [-0.1, -0.05) is 234 Å². The summed E-state index contributed by atoms with van der Waals surface area (Å²) in [6.45, 7) is 40.4. The molecule has 0 saturated carbocycles. The van der Waals surface area contributed by atoms with Gasteiger partial charge >= 0.3 is 0 Å². The number of carbonyl (C=O) groups excluding carboxylic acids is 2. The molecular weight excluding hydrogens is 1210 g/mol. The Kier molecular flexibility index (Phi) is 14.7. The highest BCUT2D eigenvalue weighted by atomic mass is 16.2. The van der Waals surface area contributed by atoms with Crippen LogP contribution in [0.3, 0.4) is 0 Å². The summed E-state index contributed by atoms with van der Waals surface area (Å²) in [4.78, 5) is 50.6. The van der Waals surface area contributed by atoms with Crippen LogP contribution in [0, 0.1) is 11.8 Å². The van der Waals surface area contributed by atoms with E-state index in [0.29, 0.717) is 22.2 Å². The SMILES string of the molecule is CC(C)(C)c1cc(-c2c3nc(c(-c4ccc(C#Cc5ccc6c7ccc8c9c(ccc(c%10cccc5c%106)c97)C(=O)N(c5cc(C(C)(C)C)ccc5C(C)(C)C)C8=O)cc4)c4ccc([nH]4)c(-c4cc(C(C)(C)C)cc(C(C)(C)C)c4)c4nc(cc5ccc2[nH]5)C=C4)C=C3)cc(C(C)(C)C)c1. The van der Waals surface area contributed by atoms with Crippen molar-refractivity contribution in [3.8, 4) is 45.2 Å². The van der Waals surface area contributed by atoms with Crippen LogP contribution in [0.25, 0.3) is 123 Å². The number of carbonyl (C=O) groups is 2. The lowest BCUT2D eigenvalue weighted by Crippen LogP contribution is -2.42. The number of hydrogen-bond donors (Lipinski definition) is 2. The van der Waals surface area contributed by atoms with Crippen molar-refractivity contribution in [2.24, 2.45) is 0 Å². The summed E-state index contributed by atoms with van der Waals surface area (Å²) in [7, 11) is 0. The Morgan fingerprint density at radius 1 is 0.354 bits per heavy atom. The van der Waals surface area contributed by atoms with Crippen LogP contribution in [0.15, 0.2) is 164 Å². The molecule has 3 aliphatic rings. The highest BCUT2D eigenvalue weighted by Crippen LogP contribution is 2.48. The molecule has 3 aromatic heterocycles. The van der Waals surface area contributed by atoms with Gasteiger partial charge in [-0.05, 0) is 211 Å². The summed E-state index contributed by atoms with van der Waals surface area (Å²) in [5, 5.41) is 7.87. The molecule has 2 amide bonds. The lowest BCUT2D eigenvalue weighted by Gasteiger charge is -2.34. The van der Waals surface area contributed by atoms with E-state index in [2.05, 4.69) is 322 Å². The Hall–Kier alpha value is -10.4. The Morgan fingerprint density at radius 3 is 1.35 bits per heavy atom. The molecule has 6 heterocycles. The Labute approximate surface area is 582 Å². The van der Waals surface area contributed by atoms with Crippen LogP contribution in [-0.2, 0) is 32.5 Å². The summed E-state index contributed by atoms with van der Waals surface area (Å²) < 4.78 is 0. The predicted molar refractivity (Wildman–Crippen MR) is 419 cm³/mol. The normalized spacial score (nSPS) is 13.8. The minimum atomic E-state index is -0.325. The zero-order chi connectivity index (χ0) is 69.9. The molecule has 0 radical (unpaired) electrons. The molecule has 2 N–H and O–H groups in total. The molecule has 492 valence electrons. The molecule has 0 unspecified atom stereocenters. The van der Waals surface area contributed by atoms with E-state index in [1.54, 1.807) is 0 Å². The Balaban J connectivity index is 0.881. The van der Waals surface area contributed by atoms with Crippen molar-refractivity contribution < 1.29 is 9.59 Å². The van der Waals surface area contributed by atoms with E-state index < -0.39 is 0 Å². The van der Waals surface area contributed by atoms with Gasteiger partial charge in [0, 0.05) is 66.4 Å². The number of H-pyrrole nitrogens is 2. The molecule has 0 aliphatic carbocycles. The molecule has 0 atom stereocenters. The quantitative estimate of drug-likeness (QED) is 0.0794. The van der Waals surface area contributed by atoms with Crippen molar-refractivity contribution in [2.45, 2.75) is 157 Å². The molecule has 7 nitrogen and oxygen atoms in total. The fourth-order valence-corrected chi connectivity index (χ4v) is 14.8. The van der Waals surface area contributed by atoms with Crippen LogP contribution in [0.4, 0.5) is 5.69 Å². The summed E-state index contributed by atoms with van der Waals surface area (Å²) in [6.07, 6.45) is 8.65. The first-order valence-electron chi connectivity index (χ1n) is 34.9. The van der Waals surface area contributed by atoms with Crippen LogP contribution in [-0.4, -0.2) is 31.8 Å². The second-order valence-corrected chi connectivity index (χ2v) is 33.9. The van der Waals surface area contributed by atoms with Crippen molar-refractivity contribution in [1.29, 1.82) is 0 Å². The van der Waals surface area contributed by atoms with E-state index in [9.17, 15) is 0 Å². The number of aromatic nitrogens is 4. The van der Waals surface area contributed by atoms with E-state index in [1.807, 2.05) is 12.1 Å². The van der Waals surface area contributed by atoms with Gasteiger partial charge in [-0.2, -0.15) is 0 Å². The van der Waals surface area contributed by atoms with Gasteiger partial charge in [0.2, 0.25) is 0 Å². The summed E-state index contributed by atoms with van der Waals surface area (Å²) in [5.41, 5.74) is 23.1. The summed E-state index contributed by atoms with van der Waals surface area (Å²) in [5.74, 6) is 6.61. The van der Waals surface area contributed by atoms with Gasteiger partial charge in [-0.3, -0.25) is 9.59 Å². The Morgan fingerprint density at radius 2 is 0.818 bits per heavy atom. The van der Waals surface area contributed by atoms with Gasteiger partial charge in [0.1, 0.15) is 0 Å². The van der Waals surface area contributed by atoms with E-state index in [1.165, 1.54) is 27.2 Å². The molecule has 15 rings (SSSR count). The first-order valence-corrected chi connectivity index (χ1v) is 34.9. The number of hydrogen-bond acceptors (Lipinski definition) is 4. The van der Waals surface area contributed by atoms with E-state index in [-0.39, 0.29) is 44.3 Å². The van der Waals surface area contributed by atoms with Crippen molar-refractivity contribution in [3.63, 3.8) is 0 Å². The first-order chi connectivity index (χ1) is 46.6. The third kappa shape index (κ3) is 11.3. The molecule has 0 saturated heterocycles. The van der Waals surface area contributed by atoms with Gasteiger partial charge in [0.25, 0.3) is 11.8 Å². The number of amides is 2. The van der Waals surface area contributed by atoms with Crippen molar-refractivity contribution >= 4 is 107 Å². The van der Waals surface area contributed by atoms with Gasteiger partial charge in [0.05, 0.1) is 28.5 Å². The largest absolute Gasteiger partial charge is 0.355 e. The number of rotatable bonds is 4. The molecule has 0 fully saturated rings. The number of nitrogens with one attached hydrogen (secondary N) is 2. The molecule has 12 aromatic rings. The summed E-state index contributed by atoms with van der Waals surface area (Å²) >= 11 is 0. The van der Waals surface area contributed by atoms with Crippen molar-refractivity contribution in [3.05, 3.63) is 242 Å². The van der Waals surface area contributed by atoms with Crippen LogP contribution < -0.4 is 4.90 Å². The predicted octanol–water partition coefficient (Wildman–Crippen LogP) is 23.7. The fourth-order valence-electron chi connectivity index (χ4n) is 14.8. The number of imide groups is 1. The van der Waals surface area contributed by atoms with Crippen LogP contribution in [0.1, 0.15) is 213 Å². The van der Waals surface area contributed by atoms with Crippen LogP contribution >= 0.6 is 0 Å². The highest BCUT2D eigenvalue weighted by Gasteiger charge is 2.39. The average molecular weight is 1290 g/mol. The Bertz CT molecular complexity index is 5560. The number of anilines is 1. The number of fused-ring (bicyclic) bond motifs is 10. The molecule has 9 aromatic carbocycles. The van der Waals surface area contributed by atoms with Crippen molar-refractivity contribution in [2.75, 3.05) is 4.90 Å². The van der Waals surface area contributed by atoms with E-state index in [4.69, 9.17) is 9.97 Å². The van der Waals surface area contributed by atoms with Gasteiger partial charge in [-0.25, -0.2) is 14.9 Å². The van der Waals surface area contributed by atoms with Gasteiger partial charge in [-0.15, -0.1) is 0 Å². The second kappa shape index (κ2) is 22.6. The number of nitrogens with zero attached hydrogens (tertiary/aromatic N) is 3. The van der Waals surface area contributed by atoms with Gasteiger partial charge < -0.3 is 9.97 Å². The standard InChI is InChI=1S/C92H87N5O2/c1-87(2,3)57-29-37-71(92(16,17)18)78(50-57)97-85(98)69-35-33-67-65-21-19-20-64-53(28-32-66(82(64)65)68-34-36-70(86(97)99)84(69)83(67)68)25-22-52-23-26-54(27-24-52)79-74-40-42-76(95-74)80(55-44-58(88(4,5)6)48-59(45-55)89(7,8)9)72-38-30-62(93-72)51-63-31-39-73(94-63)81(77-43-41-75(79)96-77)56-46-60(90(10,11)12)49-61(47-56)91(13,14)15/h19-21,23-24,26-51,93,96H,1-18H3.